The molecular weight excluding hydrogens is 1060 g/mol. The average Bonchev–Trinajstić information content (AvgIpc) is 0.844. The summed E-state index contributed by atoms with van der Waals surface area (Å²) in [6, 6.07) is 77.2. The molecule has 0 aromatic heterocycles. The van der Waals surface area contributed by atoms with Gasteiger partial charge >= 0.3 is 0 Å². The molecule has 0 amide bonds. The minimum Gasteiger partial charge on any atom is -0.497 e. The third kappa shape index (κ3) is 16.0. The molecule has 84 heavy (non-hydrogen) atoms. The third-order valence-electron chi connectivity index (χ3n) is 15.3. The summed E-state index contributed by atoms with van der Waals surface area (Å²) in [5.74, 6) is 0.683. The Kier molecular flexibility index (Phi) is 22.2. The van der Waals surface area contributed by atoms with Crippen LogP contribution in [-0.4, -0.2) is 92.1 Å². The van der Waals surface area contributed by atoms with Gasteiger partial charge in [0.05, 0.1) is 73.2 Å². The lowest BCUT2D eigenvalue weighted by Gasteiger charge is -2.59. The molecule has 1 saturated carbocycles. The second kappa shape index (κ2) is 31.1. The van der Waals surface area contributed by atoms with Crippen molar-refractivity contribution in [1.29, 1.82) is 0 Å². The largest absolute Gasteiger partial charge is 0.497 e. The monoisotopic (exact) mass is 1130 g/mol. The molecule has 0 bridgehead atoms. The van der Waals surface area contributed by atoms with E-state index in [4.69, 9.17) is 52.1 Å². The van der Waals surface area contributed by atoms with Gasteiger partial charge in [-0.05, 0) is 56.6 Å². The lowest BCUT2D eigenvalue weighted by Crippen LogP contribution is -2.80. The zero-order valence-electron chi connectivity index (χ0n) is 47.6. The molecule has 1 N–H and O–H groups in total. The Labute approximate surface area is 494 Å². The lowest BCUT2D eigenvalue weighted by molar-refractivity contribution is -0.371. The summed E-state index contributed by atoms with van der Waals surface area (Å²) >= 11 is 0. The number of ether oxygens (including phenoxy) is 11. The van der Waals surface area contributed by atoms with Gasteiger partial charge in [0.2, 0.25) is 0 Å². The Hall–Kier alpha value is -7.14. The number of rotatable bonds is 30. The molecule has 1 aliphatic carbocycles. The highest BCUT2D eigenvalue weighted by Gasteiger charge is 2.69. The maximum absolute atomic E-state index is 15.3. The van der Waals surface area contributed by atoms with Crippen molar-refractivity contribution in [3.05, 3.63) is 294 Å². The third-order valence-corrected chi connectivity index (χ3v) is 15.3. The van der Waals surface area contributed by atoms with Crippen molar-refractivity contribution in [1.82, 2.24) is 0 Å². The van der Waals surface area contributed by atoms with Gasteiger partial charge in [0.25, 0.3) is 0 Å². The van der Waals surface area contributed by atoms with Crippen LogP contribution in [0.25, 0.3) is 0 Å². The molecular formula is C72H76O12. The summed E-state index contributed by atoms with van der Waals surface area (Å²) < 4.78 is 78.2. The van der Waals surface area contributed by atoms with Crippen molar-refractivity contribution in [3.8, 4) is 5.75 Å². The highest BCUT2D eigenvalue weighted by Crippen LogP contribution is 2.47. The van der Waals surface area contributed by atoms with Gasteiger partial charge < -0.3 is 57.2 Å². The lowest BCUT2D eigenvalue weighted by atomic mass is 9.68. The maximum Gasteiger partial charge on any atom is 0.151 e. The van der Waals surface area contributed by atoms with Gasteiger partial charge in [-0.25, -0.2) is 0 Å². The SMILES string of the molecule is C=CCO[C@@H]1[C@@H](OCc2ccccc2)[C@H](OCc2ccccc2)[C@@H](OCc2ccccc2)[C@](O)([C@H]2O[C@H](COCc3ccccc3)[C@@H](OCc3ccccc3)[C@H](OCc3ccccc3)[C@@H]2OCc2ccccc2)[C@H]1OCc1ccc(OC)cc1. The second-order valence-electron chi connectivity index (χ2n) is 21.2. The van der Waals surface area contributed by atoms with E-state index < -0.39 is 66.6 Å². The van der Waals surface area contributed by atoms with E-state index >= 15 is 5.11 Å². The van der Waals surface area contributed by atoms with Crippen LogP contribution in [0.3, 0.4) is 0 Å². The summed E-state index contributed by atoms with van der Waals surface area (Å²) in [6.45, 7) is 5.29. The van der Waals surface area contributed by atoms with Crippen LogP contribution in [-0.2, 0) is 100 Å². The molecule has 8 aromatic rings. The van der Waals surface area contributed by atoms with Gasteiger partial charge in [0, 0.05) is 0 Å². The Bertz CT molecular complexity index is 3110. The first kappa shape index (κ1) is 60.0. The van der Waals surface area contributed by atoms with Crippen molar-refractivity contribution in [2.75, 3.05) is 20.3 Å². The molecule has 436 valence electrons. The normalized spacial score (nSPS) is 24.1. The van der Waals surface area contributed by atoms with E-state index in [-0.39, 0.29) is 66.1 Å². The van der Waals surface area contributed by atoms with Crippen molar-refractivity contribution >= 4 is 0 Å². The minimum atomic E-state index is -2.27. The van der Waals surface area contributed by atoms with Gasteiger partial charge in [0.15, 0.2) is 5.60 Å². The highest BCUT2D eigenvalue weighted by atomic mass is 16.6. The molecule has 2 aliphatic rings. The summed E-state index contributed by atoms with van der Waals surface area (Å²) in [5.41, 5.74) is 4.94. The topological polar surface area (TPSA) is 122 Å². The summed E-state index contributed by atoms with van der Waals surface area (Å²) in [7, 11) is 1.63. The zero-order valence-corrected chi connectivity index (χ0v) is 47.6. The molecule has 1 saturated heterocycles. The van der Waals surface area contributed by atoms with E-state index in [1.807, 2.05) is 237 Å². The predicted octanol–water partition coefficient (Wildman–Crippen LogP) is 12.4. The Morgan fingerprint density at radius 3 is 1.06 bits per heavy atom. The first-order valence-electron chi connectivity index (χ1n) is 28.9. The van der Waals surface area contributed by atoms with Crippen LogP contribution >= 0.6 is 0 Å². The van der Waals surface area contributed by atoms with E-state index in [9.17, 15) is 0 Å². The molecule has 0 spiro atoms. The molecule has 11 atom stereocenters. The van der Waals surface area contributed by atoms with Crippen LogP contribution in [0.5, 0.6) is 5.75 Å². The van der Waals surface area contributed by atoms with E-state index in [0.29, 0.717) is 5.75 Å². The van der Waals surface area contributed by atoms with Gasteiger partial charge in [0.1, 0.15) is 66.8 Å². The van der Waals surface area contributed by atoms with Crippen LogP contribution in [0, 0.1) is 0 Å². The Morgan fingerprint density at radius 1 is 0.369 bits per heavy atom. The van der Waals surface area contributed by atoms with Crippen molar-refractivity contribution in [2.24, 2.45) is 0 Å². The van der Waals surface area contributed by atoms with Crippen LogP contribution in [0.1, 0.15) is 44.5 Å². The molecule has 1 heterocycles. The van der Waals surface area contributed by atoms with Crippen molar-refractivity contribution in [3.63, 3.8) is 0 Å². The van der Waals surface area contributed by atoms with Gasteiger partial charge in [-0.15, -0.1) is 6.58 Å². The molecule has 0 unspecified atom stereocenters. The van der Waals surface area contributed by atoms with Crippen molar-refractivity contribution in [2.45, 2.75) is 119 Å². The zero-order chi connectivity index (χ0) is 57.6. The number of hydrogen-bond donors (Lipinski definition) is 1. The van der Waals surface area contributed by atoms with Gasteiger partial charge in [-0.2, -0.15) is 0 Å². The number of hydrogen-bond acceptors (Lipinski definition) is 12. The van der Waals surface area contributed by atoms with Gasteiger partial charge in [-0.1, -0.05) is 231 Å². The predicted molar refractivity (Wildman–Crippen MR) is 321 cm³/mol. The molecule has 0 radical (unpaired) electrons. The Morgan fingerprint density at radius 2 is 0.679 bits per heavy atom. The molecule has 8 aromatic carbocycles. The van der Waals surface area contributed by atoms with Crippen molar-refractivity contribution < 1.29 is 57.2 Å². The minimum absolute atomic E-state index is 0.0138. The van der Waals surface area contributed by atoms with Gasteiger partial charge in [-0.3, -0.25) is 0 Å². The standard InChI is InChI=1S/C72H76O12/c1-3-43-76-66-65(79-47-56-31-17-7-18-32-56)67(80-48-57-33-19-8-20-34-57)70(82-50-59-37-23-10-24-38-59)72(73,69(66)83-51-60-39-41-61(74-2)42-40-60)71-68(81-49-58-35-21-9-22-36-58)64(78-46-55-29-15-6-16-30-55)63(77-45-54-27-13-5-14-28-54)62(84-71)52-75-44-53-25-11-4-12-26-53/h3-42,62-71,73H,1,43-52H2,2H3/t62-,63-,64+,65-,66-,67+,68+,69+,70-,71+,72+/m1/s1. The fourth-order valence-electron chi connectivity index (χ4n) is 11.1. The fourth-order valence-corrected chi connectivity index (χ4v) is 11.1. The fraction of sp³-hybridized carbons (Fsp3) is 0.306. The summed E-state index contributed by atoms with van der Waals surface area (Å²) in [4.78, 5) is 0. The first-order chi connectivity index (χ1) is 41.5. The molecule has 12 heteroatoms. The summed E-state index contributed by atoms with van der Waals surface area (Å²) in [6.07, 6.45) is -9.18. The average molecular weight is 1130 g/mol. The van der Waals surface area contributed by atoms with E-state index in [1.165, 1.54) is 0 Å². The van der Waals surface area contributed by atoms with E-state index in [2.05, 4.69) is 6.58 Å². The van der Waals surface area contributed by atoms with E-state index in [1.54, 1.807) is 13.2 Å². The Balaban J connectivity index is 1.18. The van der Waals surface area contributed by atoms with Crippen LogP contribution in [0.4, 0.5) is 0 Å². The molecule has 10 rings (SSSR count). The quantitative estimate of drug-likeness (QED) is 0.0431. The number of benzene rings is 8. The molecule has 1 aliphatic heterocycles. The smallest absolute Gasteiger partial charge is 0.151 e. The number of aliphatic hydroxyl groups is 1. The molecule has 12 nitrogen and oxygen atoms in total. The summed E-state index contributed by atoms with van der Waals surface area (Å²) in [5, 5.41) is 15.3. The first-order valence-corrected chi connectivity index (χ1v) is 28.9. The molecule has 2 fully saturated rings. The maximum atomic E-state index is 15.3. The number of methoxy groups -OCH3 is 1. The van der Waals surface area contributed by atoms with Crippen LogP contribution in [0.2, 0.25) is 0 Å². The van der Waals surface area contributed by atoms with E-state index in [0.717, 1.165) is 44.5 Å². The second-order valence-corrected chi connectivity index (χ2v) is 21.2. The van der Waals surface area contributed by atoms with Crippen LogP contribution in [0.15, 0.2) is 249 Å². The van der Waals surface area contributed by atoms with Crippen LogP contribution < -0.4 is 4.74 Å². The highest BCUT2D eigenvalue weighted by molar-refractivity contribution is 5.28.